The molecule has 0 N–H and O–H groups in total. The van der Waals surface area contributed by atoms with Crippen molar-refractivity contribution in [2.45, 2.75) is 39.7 Å². The normalized spacial score (nSPS) is 22.6. The van der Waals surface area contributed by atoms with E-state index in [4.69, 9.17) is 0 Å². The first kappa shape index (κ1) is 14.5. The summed E-state index contributed by atoms with van der Waals surface area (Å²) in [7, 11) is 0. The van der Waals surface area contributed by atoms with Gasteiger partial charge in [0.25, 0.3) is 5.69 Å². The van der Waals surface area contributed by atoms with Crippen molar-refractivity contribution in [2.24, 2.45) is 5.92 Å². The summed E-state index contributed by atoms with van der Waals surface area (Å²) < 4.78 is 0. The van der Waals surface area contributed by atoms with Gasteiger partial charge in [-0.3, -0.25) is 14.9 Å². The molecule has 1 fully saturated rings. The van der Waals surface area contributed by atoms with Crippen LogP contribution in [0.3, 0.4) is 0 Å². The molecule has 108 valence electrons. The maximum absolute atomic E-state index is 11.5. The standard InChI is InChI=1S/C15H20N2O3/c1-10-5-4-8-16(11(10)2)13-6-7-14(12(3)18)15(9-13)17(19)20/h6-7,9-11H,4-5,8H2,1-3H3. The molecule has 20 heavy (non-hydrogen) atoms. The highest BCUT2D eigenvalue weighted by Crippen LogP contribution is 2.32. The molecule has 1 aromatic carbocycles. The fraction of sp³-hybridized carbons (Fsp3) is 0.533. The van der Waals surface area contributed by atoms with E-state index in [0.29, 0.717) is 12.0 Å². The fourth-order valence-corrected chi connectivity index (χ4v) is 2.85. The monoisotopic (exact) mass is 276 g/mol. The summed E-state index contributed by atoms with van der Waals surface area (Å²) in [5.74, 6) is 0.290. The van der Waals surface area contributed by atoms with Gasteiger partial charge in [0, 0.05) is 24.3 Å². The van der Waals surface area contributed by atoms with Crippen molar-refractivity contribution in [1.82, 2.24) is 0 Å². The van der Waals surface area contributed by atoms with Gasteiger partial charge >= 0.3 is 0 Å². The minimum Gasteiger partial charge on any atom is -0.368 e. The summed E-state index contributed by atoms with van der Waals surface area (Å²) in [6.45, 7) is 6.61. The van der Waals surface area contributed by atoms with Gasteiger partial charge in [-0.15, -0.1) is 0 Å². The van der Waals surface area contributed by atoms with E-state index in [1.807, 2.05) is 6.07 Å². The molecule has 0 bridgehead atoms. The average Bonchev–Trinajstić information content (AvgIpc) is 2.41. The summed E-state index contributed by atoms with van der Waals surface area (Å²) in [4.78, 5) is 24.3. The molecule has 1 heterocycles. The highest BCUT2D eigenvalue weighted by atomic mass is 16.6. The van der Waals surface area contributed by atoms with E-state index >= 15 is 0 Å². The Balaban J connectivity index is 2.40. The Kier molecular flexibility index (Phi) is 4.06. The molecule has 2 atom stereocenters. The molecule has 2 unspecified atom stereocenters. The Bertz CT molecular complexity index is 542. The second kappa shape index (κ2) is 5.61. The van der Waals surface area contributed by atoms with Gasteiger partial charge in [0.05, 0.1) is 10.5 Å². The number of ketones is 1. The van der Waals surface area contributed by atoms with E-state index in [-0.39, 0.29) is 17.0 Å². The van der Waals surface area contributed by atoms with Crippen LogP contribution in [-0.4, -0.2) is 23.3 Å². The maximum Gasteiger partial charge on any atom is 0.282 e. The van der Waals surface area contributed by atoms with Crippen molar-refractivity contribution in [2.75, 3.05) is 11.4 Å². The quantitative estimate of drug-likeness (QED) is 0.482. The molecule has 1 aromatic rings. The van der Waals surface area contributed by atoms with Crippen LogP contribution < -0.4 is 4.90 Å². The molecule has 1 aliphatic heterocycles. The SMILES string of the molecule is CC(=O)c1ccc(N2CCCC(C)C2C)cc1[N+](=O)[O-]. The van der Waals surface area contributed by atoms with Crippen molar-refractivity contribution >= 4 is 17.2 Å². The summed E-state index contributed by atoms with van der Waals surface area (Å²) in [6.07, 6.45) is 2.28. The number of anilines is 1. The Morgan fingerprint density at radius 1 is 1.40 bits per heavy atom. The highest BCUT2D eigenvalue weighted by molar-refractivity contribution is 5.98. The van der Waals surface area contributed by atoms with E-state index in [2.05, 4.69) is 18.7 Å². The molecule has 0 amide bonds. The number of rotatable bonds is 3. The van der Waals surface area contributed by atoms with Crippen LogP contribution in [0.25, 0.3) is 0 Å². The topological polar surface area (TPSA) is 63.5 Å². The Morgan fingerprint density at radius 2 is 2.10 bits per heavy atom. The van der Waals surface area contributed by atoms with Crippen molar-refractivity contribution in [1.29, 1.82) is 0 Å². The predicted molar refractivity (Wildman–Crippen MR) is 78.3 cm³/mol. The zero-order valence-corrected chi connectivity index (χ0v) is 12.1. The largest absolute Gasteiger partial charge is 0.368 e. The molecular weight excluding hydrogens is 256 g/mol. The van der Waals surface area contributed by atoms with Gasteiger partial charge in [0.1, 0.15) is 0 Å². The summed E-state index contributed by atoms with van der Waals surface area (Å²) >= 11 is 0. The number of hydrogen-bond acceptors (Lipinski definition) is 4. The molecule has 0 saturated carbocycles. The number of nitro benzene ring substituents is 1. The van der Waals surface area contributed by atoms with Crippen LogP contribution in [0.1, 0.15) is 44.0 Å². The van der Waals surface area contributed by atoms with Crippen LogP contribution in [0.5, 0.6) is 0 Å². The molecule has 0 aromatic heterocycles. The van der Waals surface area contributed by atoms with Gasteiger partial charge in [-0.1, -0.05) is 6.92 Å². The molecular formula is C15H20N2O3. The third kappa shape index (κ3) is 2.66. The molecule has 5 nitrogen and oxygen atoms in total. The summed E-state index contributed by atoms with van der Waals surface area (Å²) in [5, 5.41) is 11.1. The maximum atomic E-state index is 11.5. The van der Waals surface area contributed by atoms with E-state index in [1.54, 1.807) is 6.07 Å². The van der Waals surface area contributed by atoms with Crippen LogP contribution >= 0.6 is 0 Å². The van der Waals surface area contributed by atoms with Crippen molar-refractivity contribution in [3.63, 3.8) is 0 Å². The van der Waals surface area contributed by atoms with Crippen molar-refractivity contribution < 1.29 is 9.72 Å². The van der Waals surface area contributed by atoms with Gasteiger partial charge in [0.15, 0.2) is 5.78 Å². The van der Waals surface area contributed by atoms with Crippen LogP contribution in [0.15, 0.2) is 18.2 Å². The third-order valence-electron chi connectivity index (χ3n) is 4.26. The number of hydrogen-bond donors (Lipinski definition) is 0. The Labute approximate surface area is 118 Å². The lowest BCUT2D eigenvalue weighted by atomic mass is 9.91. The average molecular weight is 276 g/mol. The number of piperidine rings is 1. The number of nitrogens with zero attached hydrogens (tertiary/aromatic N) is 2. The highest BCUT2D eigenvalue weighted by Gasteiger charge is 2.27. The van der Waals surface area contributed by atoms with Gasteiger partial charge in [-0.05, 0) is 44.7 Å². The number of carbonyl (C=O) groups excluding carboxylic acids is 1. The minimum absolute atomic E-state index is 0.0968. The minimum atomic E-state index is -0.474. The molecule has 1 saturated heterocycles. The molecule has 0 radical (unpaired) electrons. The molecule has 5 heteroatoms. The van der Waals surface area contributed by atoms with Crippen LogP contribution in [0.2, 0.25) is 0 Å². The second-order valence-corrected chi connectivity index (χ2v) is 5.57. The van der Waals surface area contributed by atoms with Gasteiger partial charge in [-0.2, -0.15) is 0 Å². The van der Waals surface area contributed by atoms with Crippen molar-refractivity contribution in [3.05, 3.63) is 33.9 Å². The lowest BCUT2D eigenvalue weighted by Crippen LogP contribution is -2.42. The van der Waals surface area contributed by atoms with Gasteiger partial charge in [-0.25, -0.2) is 0 Å². The summed E-state index contributed by atoms with van der Waals surface area (Å²) in [6, 6.07) is 5.28. The number of Topliss-reactive ketones (excluding diaryl/α,β-unsaturated/α-hetero) is 1. The molecule has 1 aliphatic rings. The smallest absolute Gasteiger partial charge is 0.282 e. The number of benzene rings is 1. The first-order valence-electron chi connectivity index (χ1n) is 6.98. The lowest BCUT2D eigenvalue weighted by Gasteiger charge is -2.39. The first-order valence-corrected chi connectivity index (χ1v) is 6.98. The van der Waals surface area contributed by atoms with Crippen molar-refractivity contribution in [3.8, 4) is 0 Å². The van der Waals surface area contributed by atoms with Crippen LogP contribution in [0, 0.1) is 16.0 Å². The summed E-state index contributed by atoms with van der Waals surface area (Å²) in [5.41, 5.74) is 0.914. The molecule has 0 aliphatic carbocycles. The predicted octanol–water partition coefficient (Wildman–Crippen LogP) is 3.42. The fourth-order valence-electron chi connectivity index (χ4n) is 2.85. The zero-order valence-electron chi connectivity index (χ0n) is 12.1. The Morgan fingerprint density at radius 3 is 2.70 bits per heavy atom. The lowest BCUT2D eigenvalue weighted by molar-refractivity contribution is -0.385. The third-order valence-corrected chi connectivity index (χ3v) is 4.26. The second-order valence-electron chi connectivity index (χ2n) is 5.57. The molecule has 2 rings (SSSR count). The Hall–Kier alpha value is -1.91. The van der Waals surface area contributed by atoms with Crippen LogP contribution in [-0.2, 0) is 0 Å². The number of carbonyl (C=O) groups is 1. The molecule has 0 spiro atoms. The number of nitro groups is 1. The van der Waals surface area contributed by atoms with E-state index in [0.717, 1.165) is 18.7 Å². The zero-order chi connectivity index (χ0) is 14.9. The van der Waals surface area contributed by atoms with Crippen LogP contribution in [0.4, 0.5) is 11.4 Å². The van der Waals surface area contributed by atoms with E-state index < -0.39 is 4.92 Å². The van der Waals surface area contributed by atoms with Gasteiger partial charge in [0.2, 0.25) is 0 Å². The van der Waals surface area contributed by atoms with Gasteiger partial charge < -0.3 is 4.90 Å². The van der Waals surface area contributed by atoms with E-state index in [1.165, 1.54) is 19.4 Å². The van der Waals surface area contributed by atoms with E-state index in [9.17, 15) is 14.9 Å². The first-order chi connectivity index (χ1) is 9.41.